The summed E-state index contributed by atoms with van der Waals surface area (Å²) in [7, 11) is 0. The molecule has 0 unspecified atom stereocenters. The summed E-state index contributed by atoms with van der Waals surface area (Å²) in [6.45, 7) is 3.93. The van der Waals surface area contributed by atoms with Crippen LogP contribution in [0.5, 0.6) is 0 Å². The van der Waals surface area contributed by atoms with E-state index in [9.17, 15) is 9.59 Å². The lowest BCUT2D eigenvalue weighted by molar-refractivity contribution is -0.133. The molecule has 1 aliphatic heterocycles. The third kappa shape index (κ3) is 3.85. The van der Waals surface area contributed by atoms with E-state index < -0.39 is 0 Å². The second-order valence-electron chi connectivity index (χ2n) is 6.28. The van der Waals surface area contributed by atoms with E-state index >= 15 is 0 Å². The van der Waals surface area contributed by atoms with Crippen molar-refractivity contribution in [3.05, 3.63) is 16.1 Å². The third-order valence-electron chi connectivity index (χ3n) is 4.41. The van der Waals surface area contributed by atoms with E-state index in [1.54, 1.807) is 11.3 Å². The molecule has 1 saturated heterocycles. The Morgan fingerprint density at radius 2 is 2.05 bits per heavy atom. The van der Waals surface area contributed by atoms with Crippen LogP contribution in [0.3, 0.4) is 0 Å². The zero-order valence-electron chi connectivity index (χ0n) is 13.0. The molecule has 0 radical (unpaired) electrons. The normalized spacial score (nSPS) is 19.2. The number of piperidine rings is 1. The van der Waals surface area contributed by atoms with Crippen molar-refractivity contribution >= 4 is 23.2 Å². The summed E-state index contributed by atoms with van der Waals surface area (Å²) in [5.41, 5.74) is 1.06. The molecule has 22 heavy (non-hydrogen) atoms. The zero-order chi connectivity index (χ0) is 15.5. The molecule has 2 aliphatic rings. The van der Waals surface area contributed by atoms with Crippen molar-refractivity contribution in [2.45, 2.75) is 44.9 Å². The first kappa shape index (κ1) is 15.5. The highest BCUT2D eigenvalue weighted by Crippen LogP contribution is 2.35. The molecule has 6 heteroatoms. The van der Waals surface area contributed by atoms with E-state index in [2.05, 4.69) is 10.7 Å². The second-order valence-corrected chi connectivity index (χ2v) is 7.17. The molecule has 3 rings (SSSR count). The van der Waals surface area contributed by atoms with Crippen molar-refractivity contribution in [3.8, 4) is 0 Å². The predicted octanol–water partition coefficient (Wildman–Crippen LogP) is 1.94. The van der Waals surface area contributed by atoms with Gasteiger partial charge in [0.2, 0.25) is 11.8 Å². The summed E-state index contributed by atoms with van der Waals surface area (Å²) in [6.07, 6.45) is 5.01. The number of amides is 2. The van der Waals surface area contributed by atoms with Crippen LogP contribution in [-0.4, -0.2) is 41.3 Å². The van der Waals surface area contributed by atoms with E-state index in [1.807, 2.05) is 4.90 Å². The van der Waals surface area contributed by atoms with Gasteiger partial charge in [0, 0.05) is 50.2 Å². The largest absolute Gasteiger partial charge is 0.356 e. The van der Waals surface area contributed by atoms with Crippen molar-refractivity contribution < 1.29 is 9.59 Å². The number of nitrogens with zero attached hydrogens (tertiary/aromatic N) is 2. The summed E-state index contributed by atoms with van der Waals surface area (Å²) >= 11 is 1.72. The molecular formula is C16H23N3O2S. The van der Waals surface area contributed by atoms with Crippen LogP contribution in [0.4, 0.5) is 0 Å². The minimum Gasteiger partial charge on any atom is -0.356 e. The molecule has 1 aromatic heterocycles. The minimum atomic E-state index is 0.00292. The van der Waals surface area contributed by atoms with E-state index in [-0.39, 0.29) is 5.91 Å². The predicted molar refractivity (Wildman–Crippen MR) is 85.8 cm³/mol. The van der Waals surface area contributed by atoms with Crippen molar-refractivity contribution in [1.29, 1.82) is 0 Å². The number of nitrogens with one attached hydrogen (secondary N) is 1. The number of carbonyl (C=O) groups is 2. The van der Waals surface area contributed by atoms with Gasteiger partial charge in [0.1, 0.15) is 0 Å². The maximum atomic E-state index is 12.1. The van der Waals surface area contributed by atoms with Crippen LogP contribution in [0, 0.1) is 5.92 Å². The van der Waals surface area contributed by atoms with Gasteiger partial charge in [-0.3, -0.25) is 9.59 Å². The van der Waals surface area contributed by atoms with Gasteiger partial charge < -0.3 is 10.2 Å². The lowest BCUT2D eigenvalue weighted by Crippen LogP contribution is -2.38. The molecule has 0 spiro atoms. The maximum Gasteiger partial charge on any atom is 0.225 e. The summed E-state index contributed by atoms with van der Waals surface area (Å²) in [5, 5.41) is 6.09. The Bertz CT molecular complexity index is 545. The Kier molecular flexibility index (Phi) is 4.76. The summed E-state index contributed by atoms with van der Waals surface area (Å²) in [4.78, 5) is 29.7. The monoisotopic (exact) mass is 321 g/mol. The Morgan fingerprint density at radius 1 is 1.32 bits per heavy atom. The van der Waals surface area contributed by atoms with Gasteiger partial charge in [0.05, 0.1) is 10.7 Å². The smallest absolute Gasteiger partial charge is 0.225 e. The molecule has 120 valence electrons. The molecule has 0 bridgehead atoms. The van der Waals surface area contributed by atoms with E-state index in [0.717, 1.165) is 50.9 Å². The Hall–Kier alpha value is -1.43. The first-order valence-corrected chi connectivity index (χ1v) is 8.99. The SMILES string of the molecule is CC(=O)NCCc1csc(C2CCN(C(=O)C3CC3)CC2)n1. The van der Waals surface area contributed by atoms with Gasteiger partial charge in [-0.15, -0.1) is 11.3 Å². The van der Waals surface area contributed by atoms with Gasteiger partial charge >= 0.3 is 0 Å². The lowest BCUT2D eigenvalue weighted by Gasteiger charge is -2.31. The van der Waals surface area contributed by atoms with Crippen LogP contribution >= 0.6 is 11.3 Å². The molecule has 2 amide bonds. The summed E-state index contributed by atoms with van der Waals surface area (Å²) in [6, 6.07) is 0. The van der Waals surface area contributed by atoms with Crippen LogP contribution in [0.1, 0.15) is 49.2 Å². The number of hydrogen-bond donors (Lipinski definition) is 1. The molecule has 2 heterocycles. The third-order valence-corrected chi connectivity index (χ3v) is 5.46. The number of thiazole rings is 1. The summed E-state index contributed by atoms with van der Waals surface area (Å²) < 4.78 is 0. The topological polar surface area (TPSA) is 62.3 Å². The van der Waals surface area contributed by atoms with Crippen LogP contribution in [0.2, 0.25) is 0 Å². The van der Waals surface area contributed by atoms with Gasteiger partial charge in [0.15, 0.2) is 0 Å². The van der Waals surface area contributed by atoms with E-state index in [0.29, 0.717) is 24.3 Å². The number of hydrogen-bond acceptors (Lipinski definition) is 4. The molecule has 1 aromatic rings. The second kappa shape index (κ2) is 6.77. The van der Waals surface area contributed by atoms with Crippen LogP contribution in [0.15, 0.2) is 5.38 Å². The Morgan fingerprint density at radius 3 is 2.68 bits per heavy atom. The Labute approximate surface area is 135 Å². The first-order valence-electron chi connectivity index (χ1n) is 8.11. The minimum absolute atomic E-state index is 0.00292. The van der Waals surface area contributed by atoms with Crippen molar-refractivity contribution in [1.82, 2.24) is 15.2 Å². The first-order chi connectivity index (χ1) is 10.6. The van der Waals surface area contributed by atoms with E-state index in [4.69, 9.17) is 4.98 Å². The van der Waals surface area contributed by atoms with Crippen molar-refractivity contribution in [2.75, 3.05) is 19.6 Å². The van der Waals surface area contributed by atoms with Crippen LogP contribution in [-0.2, 0) is 16.0 Å². The highest BCUT2D eigenvalue weighted by atomic mass is 32.1. The van der Waals surface area contributed by atoms with E-state index in [1.165, 1.54) is 11.9 Å². The molecular weight excluding hydrogens is 298 g/mol. The molecule has 1 aliphatic carbocycles. The molecule has 5 nitrogen and oxygen atoms in total. The molecule has 1 saturated carbocycles. The van der Waals surface area contributed by atoms with Gasteiger partial charge in [-0.25, -0.2) is 4.98 Å². The quantitative estimate of drug-likeness (QED) is 0.901. The van der Waals surface area contributed by atoms with Gasteiger partial charge in [-0.1, -0.05) is 0 Å². The van der Waals surface area contributed by atoms with Crippen molar-refractivity contribution in [2.24, 2.45) is 5.92 Å². The van der Waals surface area contributed by atoms with Gasteiger partial charge in [-0.2, -0.15) is 0 Å². The number of aromatic nitrogens is 1. The fourth-order valence-electron chi connectivity index (χ4n) is 2.93. The molecule has 0 atom stereocenters. The lowest BCUT2D eigenvalue weighted by atomic mass is 9.97. The van der Waals surface area contributed by atoms with Crippen LogP contribution in [0.25, 0.3) is 0 Å². The number of carbonyl (C=O) groups excluding carboxylic acids is 2. The van der Waals surface area contributed by atoms with Crippen molar-refractivity contribution in [3.63, 3.8) is 0 Å². The fraction of sp³-hybridized carbons (Fsp3) is 0.688. The Balaban J connectivity index is 1.47. The van der Waals surface area contributed by atoms with Gasteiger partial charge in [-0.05, 0) is 25.7 Å². The maximum absolute atomic E-state index is 12.1. The number of likely N-dealkylation sites (tertiary alicyclic amines) is 1. The van der Waals surface area contributed by atoms with Crippen LogP contribution < -0.4 is 5.32 Å². The standard InChI is InChI=1S/C16H23N3O2S/c1-11(20)17-7-4-14-10-22-15(18-14)12-5-8-19(9-6-12)16(21)13-2-3-13/h10,12-13H,2-9H2,1H3,(H,17,20). The fourth-order valence-corrected chi connectivity index (χ4v) is 3.95. The highest BCUT2D eigenvalue weighted by molar-refractivity contribution is 7.09. The van der Waals surface area contributed by atoms with Gasteiger partial charge in [0.25, 0.3) is 0 Å². The molecule has 1 N–H and O–H groups in total. The summed E-state index contributed by atoms with van der Waals surface area (Å²) in [5.74, 6) is 1.19. The highest BCUT2D eigenvalue weighted by Gasteiger charge is 2.35. The molecule has 2 fully saturated rings. The average Bonchev–Trinajstić information content (AvgIpc) is 3.26. The number of rotatable bonds is 5. The molecule has 0 aromatic carbocycles. The zero-order valence-corrected chi connectivity index (χ0v) is 13.8. The average molecular weight is 321 g/mol.